The molecular weight excluding hydrogens is 192 g/mol. The molecule has 2 heteroatoms. The lowest BCUT2D eigenvalue weighted by atomic mass is 9.97. The van der Waals surface area contributed by atoms with E-state index in [-0.39, 0.29) is 5.75 Å². The normalized spacial score (nSPS) is 15.4. The van der Waals surface area contributed by atoms with E-state index in [0.717, 1.165) is 22.4 Å². The van der Waals surface area contributed by atoms with E-state index in [9.17, 15) is 5.11 Å². The highest BCUT2D eigenvalue weighted by Crippen LogP contribution is 2.24. The van der Waals surface area contributed by atoms with Gasteiger partial charge in [-0.2, -0.15) is 0 Å². The monoisotopic (exact) mass is 202 g/mol. The molecule has 0 spiro atoms. The molecular formula is C12H10OS. The van der Waals surface area contributed by atoms with E-state index in [0.29, 0.717) is 0 Å². The smallest absolute Gasteiger partial charge is 0.116 e. The van der Waals surface area contributed by atoms with Gasteiger partial charge in [-0.05, 0) is 23.3 Å². The molecule has 1 aliphatic rings. The molecule has 0 bridgehead atoms. The summed E-state index contributed by atoms with van der Waals surface area (Å²) in [5, 5.41) is 9.34. The van der Waals surface area contributed by atoms with Crippen LogP contribution in [0.5, 0.6) is 5.75 Å². The van der Waals surface area contributed by atoms with Crippen molar-refractivity contribution in [1.82, 2.24) is 0 Å². The Kier molecular flexibility index (Phi) is 2.46. The number of hydrogen-bond donors (Lipinski definition) is 1. The standard InChI is InChI=1S/C12H10OS/c13-10-5-3-4-9(8-10)11-6-1-2-7-12(11)14/h1-6,8,13H,7H2. The lowest BCUT2D eigenvalue weighted by molar-refractivity contribution is 0.475. The van der Waals surface area contributed by atoms with E-state index in [4.69, 9.17) is 12.2 Å². The fourth-order valence-corrected chi connectivity index (χ4v) is 1.76. The number of aromatic hydroxyl groups is 1. The summed E-state index contributed by atoms with van der Waals surface area (Å²) in [5.74, 6) is 0.278. The third-order valence-electron chi connectivity index (χ3n) is 2.16. The largest absolute Gasteiger partial charge is 0.508 e. The van der Waals surface area contributed by atoms with Gasteiger partial charge < -0.3 is 5.11 Å². The van der Waals surface area contributed by atoms with Crippen LogP contribution in [0.1, 0.15) is 12.0 Å². The average Bonchev–Trinajstić information content (AvgIpc) is 2.18. The fourth-order valence-electron chi connectivity index (χ4n) is 1.47. The third kappa shape index (κ3) is 1.75. The summed E-state index contributed by atoms with van der Waals surface area (Å²) in [7, 11) is 0. The maximum atomic E-state index is 9.34. The molecule has 1 nitrogen and oxygen atoms in total. The second-order valence-corrected chi connectivity index (χ2v) is 3.68. The first-order valence-corrected chi connectivity index (χ1v) is 4.87. The lowest BCUT2D eigenvalue weighted by Gasteiger charge is -2.10. The molecule has 2 rings (SSSR count). The van der Waals surface area contributed by atoms with Crippen LogP contribution in [-0.4, -0.2) is 9.97 Å². The molecule has 14 heavy (non-hydrogen) atoms. The first kappa shape index (κ1) is 9.16. The third-order valence-corrected chi connectivity index (χ3v) is 2.55. The van der Waals surface area contributed by atoms with Crippen molar-refractivity contribution in [2.75, 3.05) is 0 Å². The minimum atomic E-state index is 0.278. The molecule has 70 valence electrons. The van der Waals surface area contributed by atoms with Gasteiger partial charge in [0.1, 0.15) is 5.75 Å². The zero-order valence-corrected chi connectivity index (χ0v) is 8.42. The number of phenolic OH excluding ortho intramolecular Hbond substituents is 1. The van der Waals surface area contributed by atoms with Gasteiger partial charge in [-0.25, -0.2) is 0 Å². The quantitative estimate of drug-likeness (QED) is 0.706. The van der Waals surface area contributed by atoms with E-state index in [1.165, 1.54) is 0 Å². The number of rotatable bonds is 1. The van der Waals surface area contributed by atoms with Crippen LogP contribution in [0.25, 0.3) is 5.57 Å². The molecule has 0 amide bonds. The van der Waals surface area contributed by atoms with E-state index in [1.807, 2.05) is 30.4 Å². The van der Waals surface area contributed by atoms with Crippen LogP contribution in [0.4, 0.5) is 0 Å². The Hall–Kier alpha value is -1.41. The first-order chi connectivity index (χ1) is 6.77. The van der Waals surface area contributed by atoms with Crippen LogP contribution in [0, 0.1) is 0 Å². The molecule has 0 fully saturated rings. The van der Waals surface area contributed by atoms with Gasteiger partial charge in [0, 0.05) is 11.3 Å². The van der Waals surface area contributed by atoms with Crippen molar-refractivity contribution in [3.63, 3.8) is 0 Å². The molecule has 1 N–H and O–H groups in total. The Morgan fingerprint density at radius 2 is 2.14 bits per heavy atom. The van der Waals surface area contributed by atoms with Crippen LogP contribution in [-0.2, 0) is 0 Å². The fraction of sp³-hybridized carbons (Fsp3) is 0.0833. The van der Waals surface area contributed by atoms with Gasteiger partial charge in [0.15, 0.2) is 0 Å². The van der Waals surface area contributed by atoms with Gasteiger partial charge in [0.2, 0.25) is 0 Å². The molecule has 0 unspecified atom stereocenters. The van der Waals surface area contributed by atoms with Crippen LogP contribution < -0.4 is 0 Å². The Balaban J connectivity index is 2.44. The summed E-state index contributed by atoms with van der Waals surface area (Å²) in [5.41, 5.74) is 2.03. The highest BCUT2D eigenvalue weighted by Gasteiger charge is 2.08. The maximum absolute atomic E-state index is 9.34. The Morgan fingerprint density at radius 1 is 1.29 bits per heavy atom. The van der Waals surface area contributed by atoms with Gasteiger partial charge in [-0.1, -0.05) is 42.6 Å². The highest BCUT2D eigenvalue weighted by molar-refractivity contribution is 7.81. The predicted molar refractivity (Wildman–Crippen MR) is 62.4 cm³/mol. The maximum Gasteiger partial charge on any atom is 0.116 e. The topological polar surface area (TPSA) is 20.2 Å². The molecule has 0 radical (unpaired) electrons. The van der Waals surface area contributed by atoms with Gasteiger partial charge in [0.25, 0.3) is 0 Å². The van der Waals surface area contributed by atoms with Crippen molar-refractivity contribution in [1.29, 1.82) is 0 Å². The second kappa shape index (κ2) is 3.76. The van der Waals surface area contributed by atoms with E-state index < -0.39 is 0 Å². The van der Waals surface area contributed by atoms with Crippen molar-refractivity contribution in [3.05, 3.63) is 48.1 Å². The Bertz CT molecular complexity index is 430. The number of phenols is 1. The summed E-state index contributed by atoms with van der Waals surface area (Å²) in [6.07, 6.45) is 6.83. The summed E-state index contributed by atoms with van der Waals surface area (Å²) >= 11 is 5.25. The van der Waals surface area contributed by atoms with E-state index in [2.05, 4.69) is 0 Å². The van der Waals surface area contributed by atoms with Crippen molar-refractivity contribution < 1.29 is 5.11 Å². The molecule has 0 saturated carbocycles. The van der Waals surface area contributed by atoms with Crippen molar-refractivity contribution in [3.8, 4) is 5.75 Å². The van der Waals surface area contributed by atoms with Crippen LogP contribution >= 0.6 is 12.2 Å². The van der Waals surface area contributed by atoms with Gasteiger partial charge in [-0.15, -0.1) is 0 Å². The van der Waals surface area contributed by atoms with Gasteiger partial charge in [0.05, 0.1) is 0 Å². The molecule has 0 aliphatic heterocycles. The van der Waals surface area contributed by atoms with Crippen molar-refractivity contribution in [2.45, 2.75) is 6.42 Å². The summed E-state index contributed by atoms with van der Waals surface area (Å²) in [6, 6.07) is 7.17. The molecule has 0 aromatic heterocycles. The molecule has 1 aromatic rings. The summed E-state index contributed by atoms with van der Waals surface area (Å²) in [4.78, 5) is 0.929. The minimum absolute atomic E-state index is 0.278. The molecule has 1 aliphatic carbocycles. The SMILES string of the molecule is Oc1cccc(C2=CC=CCC2=S)c1. The van der Waals surface area contributed by atoms with Crippen LogP contribution in [0.15, 0.2) is 42.5 Å². The molecule has 1 aromatic carbocycles. The summed E-state index contributed by atoms with van der Waals surface area (Å²) in [6.45, 7) is 0. The summed E-state index contributed by atoms with van der Waals surface area (Å²) < 4.78 is 0. The number of hydrogen-bond acceptors (Lipinski definition) is 2. The zero-order valence-electron chi connectivity index (χ0n) is 7.60. The van der Waals surface area contributed by atoms with Crippen molar-refractivity contribution in [2.24, 2.45) is 0 Å². The van der Waals surface area contributed by atoms with Crippen molar-refractivity contribution >= 4 is 22.7 Å². The number of thiocarbonyl (C=S) groups is 1. The zero-order chi connectivity index (χ0) is 9.97. The molecule has 0 saturated heterocycles. The van der Waals surface area contributed by atoms with Crippen LogP contribution in [0.3, 0.4) is 0 Å². The van der Waals surface area contributed by atoms with E-state index >= 15 is 0 Å². The number of allylic oxidation sites excluding steroid dienone is 4. The Morgan fingerprint density at radius 3 is 2.86 bits per heavy atom. The first-order valence-electron chi connectivity index (χ1n) is 4.47. The highest BCUT2D eigenvalue weighted by atomic mass is 32.1. The Labute approximate surface area is 88.4 Å². The minimum Gasteiger partial charge on any atom is -0.508 e. The lowest BCUT2D eigenvalue weighted by Crippen LogP contribution is -2.00. The van der Waals surface area contributed by atoms with Gasteiger partial charge in [-0.3, -0.25) is 0 Å². The van der Waals surface area contributed by atoms with E-state index in [1.54, 1.807) is 12.1 Å². The van der Waals surface area contributed by atoms with Gasteiger partial charge >= 0.3 is 0 Å². The molecule has 0 atom stereocenters. The second-order valence-electron chi connectivity index (χ2n) is 3.19. The predicted octanol–water partition coefficient (Wildman–Crippen LogP) is 3.11. The molecule has 0 heterocycles. The number of benzene rings is 1. The van der Waals surface area contributed by atoms with Crippen LogP contribution in [0.2, 0.25) is 0 Å². The average molecular weight is 202 g/mol.